The van der Waals surface area contributed by atoms with Gasteiger partial charge in [0.05, 0.1) is 0 Å². The van der Waals surface area contributed by atoms with Crippen LogP contribution in [-0.4, -0.2) is 35.5 Å². The fourth-order valence-electron chi connectivity index (χ4n) is 7.33. The van der Waals surface area contributed by atoms with E-state index in [0.29, 0.717) is 32.2 Å². The summed E-state index contributed by atoms with van der Waals surface area (Å²) in [5.74, 6) is -1.03. The third-order valence-electron chi connectivity index (χ3n) is 10.9. The molecule has 6 heteroatoms. The average molecular weight is 735 g/mol. The molecule has 0 aliphatic heterocycles. The first-order valence-electron chi connectivity index (χ1n) is 23.3. The lowest BCUT2D eigenvalue weighted by atomic mass is 10.0. The highest BCUT2D eigenvalue weighted by atomic mass is 16.4. The number of hydrogen-bond acceptors (Lipinski definition) is 3. The highest BCUT2D eigenvalue weighted by Gasteiger charge is 2.19. The van der Waals surface area contributed by atoms with E-state index in [1.54, 1.807) is 0 Å². The lowest BCUT2D eigenvalue weighted by Crippen LogP contribution is -2.40. The van der Waals surface area contributed by atoms with Crippen LogP contribution in [-0.2, 0) is 14.4 Å². The Morgan fingerprint density at radius 1 is 0.385 bits per heavy atom. The van der Waals surface area contributed by atoms with E-state index in [9.17, 15) is 19.5 Å². The van der Waals surface area contributed by atoms with Gasteiger partial charge in [0.2, 0.25) is 11.8 Å². The van der Waals surface area contributed by atoms with Crippen molar-refractivity contribution in [3.8, 4) is 0 Å². The van der Waals surface area contributed by atoms with Crippen molar-refractivity contribution >= 4 is 17.8 Å². The highest BCUT2D eigenvalue weighted by molar-refractivity contribution is 5.83. The van der Waals surface area contributed by atoms with Crippen molar-refractivity contribution in [1.82, 2.24) is 10.6 Å². The molecule has 0 saturated heterocycles. The predicted octanol–water partition coefficient (Wildman–Crippen LogP) is 13.9. The van der Waals surface area contributed by atoms with E-state index in [1.165, 1.54) is 186 Å². The van der Waals surface area contributed by atoms with E-state index in [1.807, 2.05) is 0 Å². The van der Waals surface area contributed by atoms with Crippen LogP contribution < -0.4 is 10.6 Å². The first-order chi connectivity index (χ1) is 25.5. The van der Waals surface area contributed by atoms with E-state index < -0.39 is 12.0 Å². The molecular weight excluding hydrogens is 645 g/mol. The summed E-state index contributed by atoms with van der Waals surface area (Å²) < 4.78 is 0. The van der Waals surface area contributed by atoms with E-state index in [0.717, 1.165) is 38.5 Å². The smallest absolute Gasteiger partial charge is 0.326 e. The number of nitrogens with one attached hydrogen (secondary N) is 2. The fraction of sp³-hybridized carbons (Fsp3) is 0.935. The van der Waals surface area contributed by atoms with Gasteiger partial charge in [-0.15, -0.1) is 0 Å². The third kappa shape index (κ3) is 39.6. The molecule has 0 radical (unpaired) electrons. The number of carbonyl (C=O) groups excluding carboxylic acids is 2. The van der Waals surface area contributed by atoms with Crippen molar-refractivity contribution < 1.29 is 19.5 Å². The van der Waals surface area contributed by atoms with E-state index in [-0.39, 0.29) is 11.8 Å². The summed E-state index contributed by atoms with van der Waals surface area (Å²) in [4.78, 5) is 36.2. The van der Waals surface area contributed by atoms with Gasteiger partial charge < -0.3 is 15.7 Å². The van der Waals surface area contributed by atoms with Gasteiger partial charge in [0.25, 0.3) is 0 Å². The SMILES string of the molecule is CCCCCCCCCCCCCCCCCCCC(=O)NCCCC[C@H](NC(=O)CCCCCCCCCCCCCCCCCCC)C(=O)O. The van der Waals surface area contributed by atoms with Crippen molar-refractivity contribution in [2.45, 2.75) is 270 Å². The van der Waals surface area contributed by atoms with Crippen LogP contribution in [0.4, 0.5) is 0 Å². The Hall–Kier alpha value is -1.59. The molecule has 6 nitrogen and oxygen atoms in total. The summed E-state index contributed by atoms with van der Waals surface area (Å²) in [6, 6.07) is -0.844. The van der Waals surface area contributed by atoms with Crippen molar-refractivity contribution in [1.29, 1.82) is 0 Å². The summed E-state index contributed by atoms with van der Waals surface area (Å²) in [5.41, 5.74) is 0. The molecule has 308 valence electrons. The van der Waals surface area contributed by atoms with Crippen molar-refractivity contribution in [3.63, 3.8) is 0 Å². The summed E-state index contributed by atoms with van der Waals surface area (Å²) in [6.45, 7) is 5.12. The Morgan fingerprint density at radius 3 is 0.981 bits per heavy atom. The van der Waals surface area contributed by atoms with Crippen LogP contribution in [0.15, 0.2) is 0 Å². The summed E-state index contributed by atoms with van der Waals surface area (Å²) in [7, 11) is 0. The number of aliphatic carboxylic acids is 1. The first kappa shape index (κ1) is 50.4. The molecule has 0 aromatic rings. The maximum atomic E-state index is 12.4. The Morgan fingerprint density at radius 2 is 0.673 bits per heavy atom. The molecule has 0 heterocycles. The summed E-state index contributed by atoms with van der Waals surface area (Å²) in [5, 5.41) is 15.3. The number of hydrogen-bond donors (Lipinski definition) is 3. The average Bonchev–Trinajstić information content (AvgIpc) is 3.13. The number of amides is 2. The number of carboxylic acids is 1. The van der Waals surface area contributed by atoms with Gasteiger partial charge in [-0.25, -0.2) is 4.79 Å². The van der Waals surface area contributed by atoms with Crippen LogP contribution in [0.25, 0.3) is 0 Å². The van der Waals surface area contributed by atoms with Crippen LogP contribution >= 0.6 is 0 Å². The predicted molar refractivity (Wildman–Crippen MR) is 224 cm³/mol. The quantitative estimate of drug-likeness (QED) is 0.0544. The second kappa shape index (κ2) is 42.2. The monoisotopic (exact) mass is 735 g/mol. The zero-order valence-electron chi connectivity index (χ0n) is 35.0. The second-order valence-electron chi connectivity index (χ2n) is 16.1. The molecule has 0 fully saturated rings. The molecule has 0 rings (SSSR count). The molecule has 0 bridgehead atoms. The van der Waals surface area contributed by atoms with Crippen molar-refractivity contribution in [3.05, 3.63) is 0 Å². The number of carbonyl (C=O) groups is 3. The Bertz CT molecular complexity index is 773. The molecular formula is C46H90N2O4. The standard InChI is InChI=1S/C46H90N2O4/c1-3-5-7-9-11-13-15-17-19-21-23-25-27-29-31-33-35-40-44(49)47-42-38-37-39-43(46(51)52)48-45(50)41-36-34-32-30-28-26-24-22-20-18-16-14-12-10-8-6-4-2/h43H,3-42H2,1-2H3,(H,47,49)(H,48,50)(H,51,52)/t43-/m0/s1. The minimum Gasteiger partial charge on any atom is -0.480 e. The Kier molecular flexibility index (Phi) is 40.9. The molecule has 0 aliphatic carbocycles. The number of rotatable bonds is 43. The summed E-state index contributed by atoms with van der Waals surface area (Å²) >= 11 is 0. The van der Waals surface area contributed by atoms with E-state index in [2.05, 4.69) is 24.5 Å². The Balaban J connectivity index is 3.54. The molecule has 0 spiro atoms. The topological polar surface area (TPSA) is 95.5 Å². The number of carboxylic acid groups (broad SMARTS) is 1. The van der Waals surface area contributed by atoms with Gasteiger partial charge in [-0.05, 0) is 32.1 Å². The Labute approximate surface area is 324 Å². The fourth-order valence-corrected chi connectivity index (χ4v) is 7.33. The lowest BCUT2D eigenvalue weighted by molar-refractivity contribution is -0.142. The zero-order chi connectivity index (χ0) is 38.0. The van der Waals surface area contributed by atoms with Crippen molar-refractivity contribution in [2.24, 2.45) is 0 Å². The zero-order valence-corrected chi connectivity index (χ0v) is 35.0. The third-order valence-corrected chi connectivity index (χ3v) is 10.9. The van der Waals surface area contributed by atoms with Crippen molar-refractivity contribution in [2.75, 3.05) is 6.54 Å². The lowest BCUT2D eigenvalue weighted by Gasteiger charge is -2.14. The molecule has 3 N–H and O–H groups in total. The van der Waals surface area contributed by atoms with Crippen LogP contribution in [0.1, 0.15) is 264 Å². The highest BCUT2D eigenvalue weighted by Crippen LogP contribution is 2.16. The largest absolute Gasteiger partial charge is 0.480 e. The first-order valence-corrected chi connectivity index (χ1v) is 23.3. The van der Waals surface area contributed by atoms with Gasteiger partial charge in [-0.3, -0.25) is 9.59 Å². The molecule has 52 heavy (non-hydrogen) atoms. The van der Waals surface area contributed by atoms with Gasteiger partial charge in [-0.2, -0.15) is 0 Å². The number of unbranched alkanes of at least 4 members (excludes halogenated alkanes) is 33. The van der Waals surface area contributed by atoms with Gasteiger partial charge in [0.15, 0.2) is 0 Å². The van der Waals surface area contributed by atoms with Crippen LogP contribution in [0, 0.1) is 0 Å². The maximum absolute atomic E-state index is 12.4. The minimum absolute atomic E-state index is 0.0955. The van der Waals surface area contributed by atoms with Gasteiger partial charge >= 0.3 is 5.97 Å². The summed E-state index contributed by atoms with van der Waals surface area (Å²) in [6.07, 6.45) is 47.6. The molecule has 0 aromatic carbocycles. The minimum atomic E-state index is -0.974. The van der Waals surface area contributed by atoms with Crippen LogP contribution in [0.2, 0.25) is 0 Å². The molecule has 0 aliphatic rings. The second-order valence-corrected chi connectivity index (χ2v) is 16.1. The molecule has 2 amide bonds. The van der Waals surface area contributed by atoms with Gasteiger partial charge in [0, 0.05) is 19.4 Å². The molecule has 0 unspecified atom stereocenters. The molecule has 0 aromatic heterocycles. The van der Waals surface area contributed by atoms with Crippen LogP contribution in [0.5, 0.6) is 0 Å². The molecule has 0 saturated carbocycles. The van der Waals surface area contributed by atoms with Crippen LogP contribution in [0.3, 0.4) is 0 Å². The maximum Gasteiger partial charge on any atom is 0.326 e. The van der Waals surface area contributed by atoms with E-state index >= 15 is 0 Å². The van der Waals surface area contributed by atoms with E-state index in [4.69, 9.17) is 0 Å². The normalized spacial score (nSPS) is 11.9. The van der Waals surface area contributed by atoms with Gasteiger partial charge in [0.1, 0.15) is 6.04 Å². The molecule has 1 atom stereocenters. The van der Waals surface area contributed by atoms with Gasteiger partial charge in [-0.1, -0.05) is 219 Å².